The summed E-state index contributed by atoms with van der Waals surface area (Å²) in [5, 5.41) is 0. The first-order valence-electron chi connectivity index (χ1n) is 17.8. The van der Waals surface area contributed by atoms with E-state index in [1.54, 1.807) is 31.3 Å². The van der Waals surface area contributed by atoms with Gasteiger partial charge in [0.25, 0.3) is 5.91 Å². The third kappa shape index (κ3) is 6.57. The first-order chi connectivity index (χ1) is 25.8. The number of Topliss-reactive ketones (excluding diaryl/α,β-unsaturated/α-hetero) is 1. The number of benzene rings is 4. The van der Waals surface area contributed by atoms with Gasteiger partial charge in [0.2, 0.25) is 0 Å². The average Bonchev–Trinajstić information content (AvgIpc) is 3.75. The van der Waals surface area contributed by atoms with Gasteiger partial charge < -0.3 is 29.6 Å². The molecule has 8 rings (SSSR count). The number of carbonyl (C=O) groups is 2. The number of hydrogen-bond acceptors (Lipinski definition) is 9. The van der Waals surface area contributed by atoms with Crippen LogP contribution in [0.1, 0.15) is 56.7 Å². The van der Waals surface area contributed by atoms with E-state index in [2.05, 4.69) is 6.08 Å². The maximum Gasteiger partial charge on any atom is 0.260 e. The maximum atomic E-state index is 13.8. The van der Waals surface area contributed by atoms with Crippen molar-refractivity contribution >= 4 is 52.3 Å². The highest BCUT2D eigenvalue weighted by molar-refractivity contribution is 6.08. The van der Waals surface area contributed by atoms with E-state index < -0.39 is 0 Å². The summed E-state index contributed by atoms with van der Waals surface area (Å²) in [5.74, 6) is 2.11. The predicted octanol–water partition coefficient (Wildman–Crippen LogP) is 8.03. The lowest BCUT2D eigenvalue weighted by Gasteiger charge is -2.19. The summed E-state index contributed by atoms with van der Waals surface area (Å²) in [5.41, 5.74) is 14.0. The number of methoxy groups -OCH3 is 2. The quantitative estimate of drug-likeness (QED) is 0.131. The standard InChI is InChI=1S/C43H40N4O6/c1-25-14-35-37(45-22-29-15-28(18-34(29)42(35)48)26-8-10-33(50-2)11-9-26)20-39(25)52-12-5-13-53-41-21-38-36(19-40(41)51-3)43(49)47-24-30(17-32(47)23-46-38)27-6-4-7-31(44)16-27/h4,6-11,14,16,18-24,29,32,34H,5,12-13,15,17,44H2,1-3H3/t29-,32-,34?/m0/s1. The lowest BCUT2D eigenvalue weighted by molar-refractivity contribution is 0.0817. The minimum Gasteiger partial charge on any atom is -0.497 e. The summed E-state index contributed by atoms with van der Waals surface area (Å²) in [7, 11) is 3.20. The van der Waals surface area contributed by atoms with Crippen molar-refractivity contribution in [3.8, 4) is 23.0 Å². The Morgan fingerprint density at radius 3 is 2.30 bits per heavy atom. The molecule has 1 aliphatic carbocycles. The first kappa shape index (κ1) is 34.0. The van der Waals surface area contributed by atoms with E-state index in [-0.39, 0.29) is 29.6 Å². The van der Waals surface area contributed by atoms with Gasteiger partial charge in [0.05, 0.1) is 50.4 Å². The van der Waals surface area contributed by atoms with Gasteiger partial charge >= 0.3 is 0 Å². The molecule has 0 saturated carbocycles. The molecule has 0 fully saturated rings. The number of aliphatic imine (C=N–C) groups is 2. The molecule has 1 amide bonds. The van der Waals surface area contributed by atoms with Crippen molar-refractivity contribution in [3.05, 3.63) is 113 Å². The minimum atomic E-state index is -0.254. The van der Waals surface area contributed by atoms with Crippen LogP contribution in [0.15, 0.2) is 95.1 Å². The Morgan fingerprint density at radius 1 is 0.774 bits per heavy atom. The molecular formula is C43H40N4O6. The molecule has 268 valence electrons. The second-order valence-corrected chi connectivity index (χ2v) is 13.7. The van der Waals surface area contributed by atoms with Crippen molar-refractivity contribution in [2.24, 2.45) is 21.8 Å². The Morgan fingerprint density at radius 2 is 1.53 bits per heavy atom. The van der Waals surface area contributed by atoms with Crippen molar-refractivity contribution in [2.75, 3.05) is 33.2 Å². The number of nitrogen functional groups attached to an aromatic ring is 1. The fourth-order valence-corrected chi connectivity index (χ4v) is 7.45. The van der Waals surface area contributed by atoms with Crippen LogP contribution in [0.25, 0.3) is 11.1 Å². The van der Waals surface area contributed by atoms with Crippen LogP contribution in [0.3, 0.4) is 0 Å². The Balaban J connectivity index is 0.898. The van der Waals surface area contributed by atoms with Crippen LogP contribution < -0.4 is 24.7 Å². The monoisotopic (exact) mass is 708 g/mol. The Hall–Kier alpha value is -6.16. The van der Waals surface area contributed by atoms with E-state index in [9.17, 15) is 9.59 Å². The molecule has 3 heterocycles. The normalized spacial score (nSPS) is 19.7. The second-order valence-electron chi connectivity index (χ2n) is 13.7. The molecule has 2 N–H and O–H groups in total. The lowest BCUT2D eigenvalue weighted by atomic mass is 9.89. The molecule has 4 aromatic rings. The molecule has 1 unspecified atom stereocenters. The zero-order chi connectivity index (χ0) is 36.6. The van der Waals surface area contributed by atoms with Gasteiger partial charge in [-0.05, 0) is 77.6 Å². The van der Waals surface area contributed by atoms with Gasteiger partial charge in [-0.3, -0.25) is 19.6 Å². The van der Waals surface area contributed by atoms with E-state index in [0.717, 1.165) is 40.0 Å². The number of aryl methyl sites for hydroxylation is 1. The maximum absolute atomic E-state index is 13.8. The fourth-order valence-electron chi connectivity index (χ4n) is 7.45. The van der Waals surface area contributed by atoms with Crippen molar-refractivity contribution in [1.29, 1.82) is 0 Å². The first-order valence-corrected chi connectivity index (χ1v) is 17.8. The van der Waals surface area contributed by atoms with Crippen molar-refractivity contribution < 1.29 is 28.5 Å². The Kier molecular flexibility index (Phi) is 9.04. The number of ketones is 1. The smallest absolute Gasteiger partial charge is 0.260 e. The van der Waals surface area contributed by atoms with Crippen LogP contribution in [0.2, 0.25) is 0 Å². The third-order valence-corrected chi connectivity index (χ3v) is 10.3. The number of nitrogens with zero attached hydrogens (tertiary/aromatic N) is 3. The van der Waals surface area contributed by atoms with Crippen LogP contribution in [-0.2, 0) is 0 Å². The number of anilines is 1. The Bertz CT molecular complexity index is 2240. The van der Waals surface area contributed by atoms with Gasteiger partial charge in [-0.15, -0.1) is 0 Å². The summed E-state index contributed by atoms with van der Waals surface area (Å²) in [6, 6.07) is 22.6. The van der Waals surface area contributed by atoms with Gasteiger partial charge in [-0.2, -0.15) is 0 Å². The molecule has 4 aromatic carbocycles. The van der Waals surface area contributed by atoms with Crippen molar-refractivity contribution in [2.45, 2.75) is 32.2 Å². The van der Waals surface area contributed by atoms with E-state index >= 15 is 0 Å². The molecule has 4 aliphatic rings. The summed E-state index contributed by atoms with van der Waals surface area (Å²) in [6.45, 7) is 2.68. The minimum absolute atomic E-state index is 0.00405. The summed E-state index contributed by atoms with van der Waals surface area (Å²) >= 11 is 0. The molecule has 53 heavy (non-hydrogen) atoms. The van der Waals surface area contributed by atoms with E-state index in [0.29, 0.717) is 71.5 Å². The molecule has 0 spiro atoms. The molecule has 0 bridgehead atoms. The number of hydrogen-bond donors (Lipinski definition) is 1. The van der Waals surface area contributed by atoms with Gasteiger partial charge in [0, 0.05) is 66.7 Å². The fraction of sp³-hybridized carbons (Fsp3) is 0.256. The molecule has 3 aliphatic heterocycles. The number of rotatable bonds is 10. The van der Waals surface area contributed by atoms with Gasteiger partial charge in [0.1, 0.15) is 11.5 Å². The zero-order valence-corrected chi connectivity index (χ0v) is 29.9. The largest absolute Gasteiger partial charge is 0.497 e. The summed E-state index contributed by atoms with van der Waals surface area (Å²) < 4.78 is 23.2. The second kappa shape index (κ2) is 14.1. The molecule has 0 radical (unpaired) electrons. The highest BCUT2D eigenvalue weighted by Crippen LogP contribution is 2.43. The zero-order valence-electron chi connectivity index (χ0n) is 29.9. The number of carbonyl (C=O) groups excluding carboxylic acids is 2. The molecule has 3 atom stereocenters. The van der Waals surface area contributed by atoms with Crippen LogP contribution in [-0.4, -0.2) is 62.5 Å². The van der Waals surface area contributed by atoms with E-state index in [1.165, 1.54) is 0 Å². The SMILES string of the molecule is COc1ccc(C2=CC3C(=O)c4cc(C)c(OCCCOc5cc6c(cc5OC)C(=O)N5C=C(c7cccc(N)c7)C[C@H]5C=N6)cc4N=C[C@@H]3C2)cc1. The highest BCUT2D eigenvalue weighted by atomic mass is 16.5. The molecule has 10 nitrogen and oxygen atoms in total. The number of nitrogens with two attached hydrogens (primary N) is 1. The topological polar surface area (TPSA) is 125 Å². The molecule has 10 heteroatoms. The van der Waals surface area contributed by atoms with Gasteiger partial charge in [0.15, 0.2) is 17.3 Å². The number of allylic oxidation sites excluding steroid dienone is 2. The number of ether oxygens (including phenoxy) is 4. The van der Waals surface area contributed by atoms with E-state index in [1.807, 2.05) is 86.2 Å². The van der Waals surface area contributed by atoms with Crippen LogP contribution in [0.4, 0.5) is 17.1 Å². The van der Waals surface area contributed by atoms with Gasteiger partial charge in [-0.25, -0.2) is 0 Å². The van der Waals surface area contributed by atoms with Crippen LogP contribution in [0.5, 0.6) is 23.0 Å². The van der Waals surface area contributed by atoms with Crippen LogP contribution in [0, 0.1) is 18.8 Å². The molecule has 0 aromatic heterocycles. The highest BCUT2D eigenvalue weighted by Gasteiger charge is 2.36. The molecular weight excluding hydrogens is 668 g/mol. The lowest BCUT2D eigenvalue weighted by Crippen LogP contribution is -2.32. The number of fused-ring (bicyclic) bond motifs is 4. The summed E-state index contributed by atoms with van der Waals surface area (Å²) in [6.07, 6.45) is 9.69. The van der Waals surface area contributed by atoms with E-state index in [4.69, 9.17) is 34.7 Å². The Labute approximate surface area is 308 Å². The number of amides is 1. The van der Waals surface area contributed by atoms with Crippen molar-refractivity contribution in [3.63, 3.8) is 0 Å². The third-order valence-electron chi connectivity index (χ3n) is 10.3. The van der Waals surface area contributed by atoms with Crippen molar-refractivity contribution in [1.82, 2.24) is 4.90 Å². The molecule has 0 saturated heterocycles. The summed E-state index contributed by atoms with van der Waals surface area (Å²) in [4.78, 5) is 38.6. The van der Waals surface area contributed by atoms with Gasteiger partial charge in [-0.1, -0.05) is 30.3 Å². The predicted molar refractivity (Wildman–Crippen MR) is 206 cm³/mol. The van der Waals surface area contributed by atoms with Crippen LogP contribution >= 0.6 is 0 Å². The average molecular weight is 709 g/mol.